The Morgan fingerprint density at radius 2 is 1.90 bits per heavy atom. The fourth-order valence-corrected chi connectivity index (χ4v) is 2.30. The Labute approximate surface area is 118 Å². The summed E-state index contributed by atoms with van der Waals surface area (Å²) < 4.78 is 5.91. The van der Waals surface area contributed by atoms with Crippen LogP contribution in [0.25, 0.3) is 10.9 Å². The third-order valence-corrected chi connectivity index (χ3v) is 3.35. The van der Waals surface area contributed by atoms with E-state index in [1.807, 2.05) is 55.6 Å². The van der Waals surface area contributed by atoms with E-state index >= 15 is 0 Å². The van der Waals surface area contributed by atoms with Gasteiger partial charge in [-0.2, -0.15) is 0 Å². The van der Waals surface area contributed by atoms with E-state index in [1.165, 1.54) is 0 Å². The first-order chi connectivity index (χ1) is 9.75. The number of fused-ring (bicyclic) bond motifs is 1. The highest BCUT2D eigenvalue weighted by atomic mass is 16.5. The van der Waals surface area contributed by atoms with Crippen LogP contribution in [0, 0.1) is 6.92 Å². The molecule has 2 aromatic carbocycles. The van der Waals surface area contributed by atoms with E-state index in [-0.39, 0.29) is 0 Å². The van der Waals surface area contributed by atoms with Crippen LogP contribution >= 0.6 is 0 Å². The lowest BCUT2D eigenvalue weighted by molar-refractivity contribution is 0.307. The Morgan fingerprint density at radius 3 is 2.75 bits per heavy atom. The van der Waals surface area contributed by atoms with Crippen molar-refractivity contribution in [3.05, 3.63) is 65.9 Å². The molecule has 1 aromatic heterocycles. The molecule has 0 aliphatic carbocycles. The molecular formula is C17H16N2O. The zero-order valence-electron chi connectivity index (χ0n) is 11.3. The number of rotatable bonds is 3. The maximum Gasteiger partial charge on any atom is 0.145 e. The summed E-state index contributed by atoms with van der Waals surface area (Å²) >= 11 is 0. The molecule has 3 nitrogen and oxygen atoms in total. The second kappa shape index (κ2) is 5.21. The van der Waals surface area contributed by atoms with Crippen LogP contribution in [-0.4, -0.2) is 4.98 Å². The molecule has 0 bridgehead atoms. The van der Waals surface area contributed by atoms with Crippen molar-refractivity contribution in [1.82, 2.24) is 4.98 Å². The molecule has 0 saturated carbocycles. The Balaban J connectivity index is 1.91. The Bertz CT molecular complexity index is 727. The molecule has 100 valence electrons. The van der Waals surface area contributed by atoms with E-state index < -0.39 is 0 Å². The molecule has 3 rings (SSSR count). The fourth-order valence-electron chi connectivity index (χ4n) is 2.30. The van der Waals surface area contributed by atoms with Gasteiger partial charge in [-0.05, 0) is 30.7 Å². The molecule has 3 aromatic rings. The van der Waals surface area contributed by atoms with Gasteiger partial charge in [0.2, 0.25) is 0 Å². The Morgan fingerprint density at radius 1 is 1.05 bits per heavy atom. The molecule has 2 N–H and O–H groups in total. The molecule has 0 radical (unpaired) electrons. The average Bonchev–Trinajstić information content (AvgIpc) is 2.47. The summed E-state index contributed by atoms with van der Waals surface area (Å²) in [6.07, 6.45) is 1.81. The first-order valence-electron chi connectivity index (χ1n) is 6.56. The van der Waals surface area contributed by atoms with Gasteiger partial charge in [0.25, 0.3) is 0 Å². The zero-order valence-corrected chi connectivity index (χ0v) is 11.3. The molecule has 0 amide bonds. The van der Waals surface area contributed by atoms with Gasteiger partial charge in [0.15, 0.2) is 0 Å². The van der Waals surface area contributed by atoms with Crippen molar-refractivity contribution in [3.63, 3.8) is 0 Å². The normalized spacial score (nSPS) is 10.7. The standard InChI is InChI=1S/C17H16N2O/c1-12-5-4-7-15(18)17(12)20-11-13-9-10-19-16-8-3-2-6-14(13)16/h2-10H,11,18H2,1H3. The van der Waals surface area contributed by atoms with Crippen LogP contribution in [0.2, 0.25) is 0 Å². The maximum absolute atomic E-state index is 5.96. The minimum absolute atomic E-state index is 0.484. The number of ether oxygens (including phenoxy) is 1. The summed E-state index contributed by atoms with van der Waals surface area (Å²) in [5.74, 6) is 0.758. The van der Waals surface area contributed by atoms with Gasteiger partial charge in [0, 0.05) is 17.1 Å². The second-order valence-electron chi connectivity index (χ2n) is 4.77. The summed E-state index contributed by atoms with van der Waals surface area (Å²) in [7, 11) is 0. The fraction of sp³-hybridized carbons (Fsp3) is 0.118. The van der Waals surface area contributed by atoms with E-state index in [4.69, 9.17) is 10.5 Å². The molecule has 0 saturated heterocycles. The highest BCUT2D eigenvalue weighted by Gasteiger charge is 2.06. The molecule has 0 aliphatic rings. The minimum Gasteiger partial charge on any atom is -0.486 e. The number of pyridine rings is 1. The summed E-state index contributed by atoms with van der Waals surface area (Å²) in [5.41, 5.74) is 9.76. The van der Waals surface area contributed by atoms with Gasteiger partial charge in [-0.1, -0.05) is 30.3 Å². The van der Waals surface area contributed by atoms with Crippen molar-refractivity contribution in [1.29, 1.82) is 0 Å². The van der Waals surface area contributed by atoms with Gasteiger partial charge >= 0.3 is 0 Å². The van der Waals surface area contributed by atoms with Crippen molar-refractivity contribution < 1.29 is 4.74 Å². The molecular weight excluding hydrogens is 248 g/mol. The number of hydrogen-bond donors (Lipinski definition) is 1. The summed E-state index contributed by atoms with van der Waals surface area (Å²) in [4.78, 5) is 4.35. The van der Waals surface area contributed by atoms with Gasteiger partial charge in [0.1, 0.15) is 12.4 Å². The topological polar surface area (TPSA) is 48.1 Å². The molecule has 0 aliphatic heterocycles. The van der Waals surface area contributed by atoms with E-state index in [2.05, 4.69) is 11.1 Å². The highest BCUT2D eigenvalue weighted by Crippen LogP contribution is 2.27. The summed E-state index contributed by atoms with van der Waals surface area (Å²) in [5, 5.41) is 1.11. The van der Waals surface area contributed by atoms with Gasteiger partial charge in [0.05, 0.1) is 11.2 Å². The third kappa shape index (κ3) is 2.30. The number of aromatic nitrogens is 1. The lowest BCUT2D eigenvalue weighted by atomic mass is 10.1. The van der Waals surface area contributed by atoms with Gasteiger partial charge < -0.3 is 10.5 Å². The lowest BCUT2D eigenvalue weighted by Crippen LogP contribution is -2.01. The molecule has 20 heavy (non-hydrogen) atoms. The molecule has 3 heteroatoms. The summed E-state index contributed by atoms with van der Waals surface area (Å²) in [6.45, 7) is 2.48. The van der Waals surface area contributed by atoms with Crippen LogP contribution in [-0.2, 0) is 6.61 Å². The van der Waals surface area contributed by atoms with Crippen LogP contribution in [0.4, 0.5) is 5.69 Å². The lowest BCUT2D eigenvalue weighted by Gasteiger charge is -2.12. The smallest absolute Gasteiger partial charge is 0.145 e. The van der Waals surface area contributed by atoms with E-state index in [0.29, 0.717) is 12.3 Å². The predicted octanol–water partition coefficient (Wildman–Crippen LogP) is 3.70. The number of nitrogens with zero attached hydrogens (tertiary/aromatic N) is 1. The largest absolute Gasteiger partial charge is 0.486 e. The first-order valence-corrected chi connectivity index (χ1v) is 6.56. The number of anilines is 1. The molecule has 0 spiro atoms. The monoisotopic (exact) mass is 264 g/mol. The van der Waals surface area contributed by atoms with Crippen LogP contribution in [0.5, 0.6) is 5.75 Å². The second-order valence-corrected chi connectivity index (χ2v) is 4.77. The van der Waals surface area contributed by atoms with Crippen molar-refractivity contribution in [2.24, 2.45) is 0 Å². The summed E-state index contributed by atoms with van der Waals surface area (Å²) in [6, 6.07) is 15.8. The Hall–Kier alpha value is -2.55. The SMILES string of the molecule is Cc1cccc(N)c1OCc1ccnc2ccccc12. The van der Waals surface area contributed by atoms with Crippen molar-refractivity contribution in [2.45, 2.75) is 13.5 Å². The zero-order chi connectivity index (χ0) is 13.9. The van der Waals surface area contributed by atoms with Gasteiger partial charge in [-0.3, -0.25) is 4.98 Å². The van der Waals surface area contributed by atoms with Crippen molar-refractivity contribution in [3.8, 4) is 5.75 Å². The molecule has 0 atom stereocenters. The van der Waals surface area contributed by atoms with Crippen LogP contribution in [0.15, 0.2) is 54.7 Å². The number of benzene rings is 2. The predicted molar refractivity (Wildman–Crippen MR) is 81.7 cm³/mol. The quantitative estimate of drug-likeness (QED) is 0.734. The van der Waals surface area contributed by atoms with Crippen molar-refractivity contribution in [2.75, 3.05) is 5.73 Å². The molecule has 0 fully saturated rings. The minimum atomic E-state index is 0.484. The first kappa shape index (κ1) is 12.5. The van der Waals surface area contributed by atoms with Gasteiger partial charge in [-0.25, -0.2) is 0 Å². The molecule has 1 heterocycles. The maximum atomic E-state index is 5.96. The average molecular weight is 264 g/mol. The highest BCUT2D eigenvalue weighted by molar-refractivity contribution is 5.81. The number of nitrogen functional groups attached to an aromatic ring is 1. The Kier molecular flexibility index (Phi) is 3.25. The van der Waals surface area contributed by atoms with E-state index in [9.17, 15) is 0 Å². The van der Waals surface area contributed by atoms with Crippen LogP contribution < -0.4 is 10.5 Å². The van der Waals surface area contributed by atoms with E-state index in [1.54, 1.807) is 0 Å². The number of hydrogen-bond acceptors (Lipinski definition) is 3. The van der Waals surface area contributed by atoms with Gasteiger partial charge in [-0.15, -0.1) is 0 Å². The van der Waals surface area contributed by atoms with Crippen LogP contribution in [0.1, 0.15) is 11.1 Å². The number of para-hydroxylation sites is 2. The molecule has 0 unspecified atom stereocenters. The van der Waals surface area contributed by atoms with Crippen molar-refractivity contribution >= 4 is 16.6 Å². The number of aryl methyl sites for hydroxylation is 1. The third-order valence-electron chi connectivity index (χ3n) is 3.35. The van der Waals surface area contributed by atoms with E-state index in [0.717, 1.165) is 27.8 Å². The van der Waals surface area contributed by atoms with Crippen LogP contribution in [0.3, 0.4) is 0 Å². The number of nitrogens with two attached hydrogens (primary N) is 1.